The summed E-state index contributed by atoms with van der Waals surface area (Å²) >= 11 is 17.3. The summed E-state index contributed by atoms with van der Waals surface area (Å²) in [5.41, 5.74) is 0. The number of halogens is 3. The van der Waals surface area contributed by atoms with Crippen LogP contribution in [-0.4, -0.2) is 14.8 Å². The van der Waals surface area contributed by atoms with Gasteiger partial charge in [-0.2, -0.15) is 0 Å². The number of hydrogen-bond acceptors (Lipinski definition) is 2. The van der Waals surface area contributed by atoms with Crippen molar-refractivity contribution >= 4 is 56.4 Å². The van der Waals surface area contributed by atoms with Crippen molar-refractivity contribution in [2.45, 2.75) is 36.2 Å². The van der Waals surface area contributed by atoms with Crippen LogP contribution >= 0.6 is 56.4 Å². The monoisotopic (exact) mass is 280 g/mol. The van der Waals surface area contributed by atoms with E-state index in [2.05, 4.69) is 20.8 Å². The maximum absolute atomic E-state index is 5.76. The molecule has 0 spiro atoms. The van der Waals surface area contributed by atoms with Gasteiger partial charge in [0.25, 0.3) is 0 Å². The highest BCUT2D eigenvalue weighted by Crippen LogP contribution is 2.41. The standard InChI is InChI=1S/C8H15Cl3S2/c1-4-12-13-7(6(2)3)5-8(9,10)11/h6-7H,4-5H2,1-3H3. The van der Waals surface area contributed by atoms with Gasteiger partial charge in [-0.25, -0.2) is 0 Å². The van der Waals surface area contributed by atoms with Gasteiger partial charge in [-0.05, 0) is 5.92 Å². The Bertz CT molecular complexity index is 134. The highest BCUT2D eigenvalue weighted by molar-refractivity contribution is 8.76. The van der Waals surface area contributed by atoms with E-state index in [1.807, 2.05) is 21.6 Å². The van der Waals surface area contributed by atoms with Crippen molar-refractivity contribution in [2.75, 3.05) is 5.75 Å². The minimum absolute atomic E-state index is 0.414. The van der Waals surface area contributed by atoms with Crippen LogP contribution in [0.3, 0.4) is 0 Å². The van der Waals surface area contributed by atoms with E-state index in [1.54, 1.807) is 0 Å². The van der Waals surface area contributed by atoms with Crippen LogP contribution in [0, 0.1) is 5.92 Å². The molecule has 5 heteroatoms. The van der Waals surface area contributed by atoms with Gasteiger partial charge in [0.05, 0.1) is 0 Å². The Hall–Kier alpha value is 1.57. The summed E-state index contributed by atoms with van der Waals surface area (Å²) in [6.07, 6.45) is 0.618. The summed E-state index contributed by atoms with van der Waals surface area (Å²) in [4.78, 5) is 0. The minimum atomic E-state index is -1.11. The van der Waals surface area contributed by atoms with Crippen LogP contribution in [0.15, 0.2) is 0 Å². The molecule has 0 nitrogen and oxygen atoms in total. The first-order valence-corrected chi connectivity index (χ1v) is 7.73. The summed E-state index contributed by atoms with van der Waals surface area (Å²) in [6.45, 7) is 6.44. The molecule has 0 N–H and O–H groups in total. The lowest BCUT2D eigenvalue weighted by molar-refractivity contribution is 0.581. The maximum Gasteiger partial charge on any atom is 0.191 e. The van der Waals surface area contributed by atoms with Gasteiger partial charge in [-0.1, -0.05) is 77.2 Å². The molecule has 80 valence electrons. The summed E-state index contributed by atoms with van der Waals surface area (Å²) < 4.78 is -1.11. The lowest BCUT2D eigenvalue weighted by Gasteiger charge is -2.23. The van der Waals surface area contributed by atoms with Crippen LogP contribution in [0.5, 0.6) is 0 Å². The first kappa shape index (κ1) is 14.6. The largest absolute Gasteiger partial charge is 0.191 e. The van der Waals surface area contributed by atoms with Crippen molar-refractivity contribution in [2.24, 2.45) is 5.92 Å². The fraction of sp³-hybridized carbons (Fsp3) is 1.00. The molecule has 0 aliphatic heterocycles. The predicted molar refractivity (Wildman–Crippen MR) is 69.3 cm³/mol. The van der Waals surface area contributed by atoms with Gasteiger partial charge in [0.1, 0.15) is 0 Å². The molecule has 0 aromatic heterocycles. The first-order chi connectivity index (χ1) is 5.87. The second-order valence-electron chi connectivity index (χ2n) is 3.10. The fourth-order valence-corrected chi connectivity index (χ4v) is 4.19. The highest BCUT2D eigenvalue weighted by atomic mass is 35.6. The third kappa shape index (κ3) is 8.56. The van der Waals surface area contributed by atoms with E-state index in [4.69, 9.17) is 34.8 Å². The van der Waals surface area contributed by atoms with Crippen molar-refractivity contribution in [3.63, 3.8) is 0 Å². The Morgan fingerprint density at radius 3 is 2.08 bits per heavy atom. The third-order valence-electron chi connectivity index (χ3n) is 1.49. The SMILES string of the molecule is CCSSC(CC(Cl)(Cl)Cl)C(C)C. The number of alkyl halides is 3. The molecule has 0 aliphatic rings. The van der Waals surface area contributed by atoms with Crippen LogP contribution in [-0.2, 0) is 0 Å². The quantitative estimate of drug-likeness (QED) is 0.503. The van der Waals surface area contributed by atoms with Gasteiger partial charge in [-0.3, -0.25) is 0 Å². The zero-order valence-electron chi connectivity index (χ0n) is 8.02. The maximum atomic E-state index is 5.76. The topological polar surface area (TPSA) is 0 Å². The van der Waals surface area contributed by atoms with E-state index in [-0.39, 0.29) is 0 Å². The van der Waals surface area contributed by atoms with Gasteiger partial charge < -0.3 is 0 Å². The Morgan fingerprint density at radius 2 is 1.77 bits per heavy atom. The van der Waals surface area contributed by atoms with Crippen LogP contribution in [0.1, 0.15) is 27.2 Å². The van der Waals surface area contributed by atoms with Crippen LogP contribution in [0.25, 0.3) is 0 Å². The van der Waals surface area contributed by atoms with Gasteiger partial charge in [-0.15, -0.1) is 0 Å². The van der Waals surface area contributed by atoms with E-state index in [0.29, 0.717) is 17.6 Å². The van der Waals surface area contributed by atoms with Crippen molar-refractivity contribution in [1.82, 2.24) is 0 Å². The van der Waals surface area contributed by atoms with Crippen molar-refractivity contribution < 1.29 is 0 Å². The van der Waals surface area contributed by atoms with Crippen LogP contribution in [0.2, 0.25) is 0 Å². The molecule has 0 saturated heterocycles. The molecule has 0 aromatic carbocycles. The number of rotatable bonds is 5. The first-order valence-electron chi connectivity index (χ1n) is 4.21. The molecule has 0 saturated carbocycles. The lowest BCUT2D eigenvalue weighted by Crippen LogP contribution is -2.18. The molecule has 1 unspecified atom stereocenters. The van der Waals surface area contributed by atoms with Gasteiger partial charge in [0.15, 0.2) is 3.79 Å². The summed E-state index contributed by atoms with van der Waals surface area (Å²) in [6, 6.07) is 0. The van der Waals surface area contributed by atoms with E-state index in [9.17, 15) is 0 Å². The molecular weight excluding hydrogens is 267 g/mol. The van der Waals surface area contributed by atoms with Crippen LogP contribution < -0.4 is 0 Å². The van der Waals surface area contributed by atoms with Crippen molar-refractivity contribution in [3.8, 4) is 0 Å². The van der Waals surface area contributed by atoms with Gasteiger partial charge >= 0.3 is 0 Å². The number of hydrogen-bond donors (Lipinski definition) is 0. The van der Waals surface area contributed by atoms with Gasteiger partial charge in [0, 0.05) is 17.4 Å². The lowest BCUT2D eigenvalue weighted by atomic mass is 10.1. The third-order valence-corrected chi connectivity index (χ3v) is 5.14. The molecule has 0 amide bonds. The molecule has 0 aromatic rings. The second-order valence-corrected chi connectivity index (χ2v) is 8.52. The van der Waals surface area contributed by atoms with Crippen molar-refractivity contribution in [1.29, 1.82) is 0 Å². The normalized spacial score (nSPS) is 15.0. The second kappa shape index (κ2) is 6.95. The zero-order valence-corrected chi connectivity index (χ0v) is 11.9. The molecule has 0 heterocycles. The van der Waals surface area contributed by atoms with E-state index in [0.717, 1.165) is 5.75 Å². The Labute approximate surface area is 104 Å². The predicted octanol–water partition coefficient (Wildman–Crippen LogP) is 5.17. The molecular formula is C8H15Cl3S2. The average molecular weight is 282 g/mol. The zero-order chi connectivity index (χ0) is 10.5. The van der Waals surface area contributed by atoms with Gasteiger partial charge in [0.2, 0.25) is 0 Å². The molecule has 0 aliphatic carbocycles. The molecule has 13 heavy (non-hydrogen) atoms. The summed E-state index contributed by atoms with van der Waals surface area (Å²) in [5.74, 6) is 1.63. The highest BCUT2D eigenvalue weighted by Gasteiger charge is 2.27. The van der Waals surface area contributed by atoms with Crippen molar-refractivity contribution in [3.05, 3.63) is 0 Å². The van der Waals surface area contributed by atoms with E-state index < -0.39 is 3.79 Å². The summed E-state index contributed by atoms with van der Waals surface area (Å²) in [5, 5.41) is 0.414. The molecule has 0 rings (SSSR count). The smallest absolute Gasteiger partial charge is 0.0942 e. The average Bonchev–Trinajstić information content (AvgIpc) is 1.95. The molecule has 0 radical (unpaired) electrons. The Balaban J connectivity index is 3.95. The Morgan fingerprint density at radius 1 is 1.23 bits per heavy atom. The molecule has 0 fully saturated rings. The Kier molecular flexibility index (Phi) is 7.78. The minimum Gasteiger partial charge on any atom is -0.0942 e. The fourth-order valence-electron chi connectivity index (χ4n) is 0.764. The van der Waals surface area contributed by atoms with Crippen LogP contribution in [0.4, 0.5) is 0 Å². The van der Waals surface area contributed by atoms with E-state index in [1.165, 1.54) is 0 Å². The molecule has 1 atom stereocenters. The van der Waals surface area contributed by atoms with E-state index >= 15 is 0 Å². The molecule has 0 bridgehead atoms. The summed E-state index contributed by atoms with van der Waals surface area (Å²) in [7, 11) is 3.65.